The summed E-state index contributed by atoms with van der Waals surface area (Å²) >= 11 is 3.36. The van der Waals surface area contributed by atoms with Crippen LogP contribution < -0.4 is 5.73 Å². The molecule has 3 nitrogen and oxygen atoms in total. The summed E-state index contributed by atoms with van der Waals surface area (Å²) in [5, 5.41) is 0. The Morgan fingerprint density at radius 3 is 2.95 bits per heavy atom. The Balaban J connectivity index is 2.05. The van der Waals surface area contributed by atoms with Gasteiger partial charge in [0.05, 0.1) is 0 Å². The molecule has 0 radical (unpaired) electrons. The molecule has 0 aliphatic heterocycles. The van der Waals surface area contributed by atoms with Gasteiger partial charge in [0, 0.05) is 33.5 Å². The van der Waals surface area contributed by atoms with E-state index in [2.05, 4.69) is 25.9 Å². The number of aromatic nitrogens is 2. The molecule has 0 amide bonds. The van der Waals surface area contributed by atoms with Crippen molar-refractivity contribution in [2.45, 2.75) is 31.7 Å². The number of nitrogens with zero attached hydrogens (tertiary/aromatic N) is 2. The molecule has 1 atom stereocenters. The van der Waals surface area contributed by atoms with Crippen LogP contribution in [0.5, 0.6) is 0 Å². The molecule has 1 aromatic carbocycles. The van der Waals surface area contributed by atoms with Crippen LogP contribution >= 0.6 is 15.9 Å². The molecule has 0 fully saturated rings. The van der Waals surface area contributed by atoms with Crippen molar-refractivity contribution >= 4 is 15.9 Å². The zero-order chi connectivity index (χ0) is 14.1. The fourth-order valence-corrected chi connectivity index (χ4v) is 3.08. The smallest absolute Gasteiger partial charge is 0.160 e. The third-order valence-corrected chi connectivity index (χ3v) is 4.31. The fourth-order valence-electron chi connectivity index (χ4n) is 2.55. The van der Waals surface area contributed by atoms with Crippen molar-refractivity contribution < 1.29 is 4.39 Å². The summed E-state index contributed by atoms with van der Waals surface area (Å²) in [6.45, 7) is 0. The second kappa shape index (κ2) is 5.58. The molecule has 2 N–H and O–H groups in total. The molecule has 20 heavy (non-hydrogen) atoms. The van der Waals surface area contributed by atoms with Crippen molar-refractivity contribution in [2.24, 2.45) is 5.73 Å². The Labute approximate surface area is 125 Å². The molecule has 104 valence electrons. The van der Waals surface area contributed by atoms with Gasteiger partial charge in [-0.05, 0) is 53.4 Å². The van der Waals surface area contributed by atoms with Crippen molar-refractivity contribution in [2.75, 3.05) is 0 Å². The van der Waals surface area contributed by atoms with Crippen LogP contribution in [0.2, 0.25) is 0 Å². The van der Waals surface area contributed by atoms with Gasteiger partial charge >= 0.3 is 0 Å². The van der Waals surface area contributed by atoms with Crippen molar-refractivity contribution in [3.05, 3.63) is 45.9 Å². The third-order valence-electron chi connectivity index (χ3n) is 3.65. The summed E-state index contributed by atoms with van der Waals surface area (Å²) in [5.41, 5.74) is 9.01. The number of aryl methyl sites for hydroxylation is 1. The minimum atomic E-state index is -0.280. The first-order valence-electron chi connectivity index (χ1n) is 6.72. The number of halogens is 2. The van der Waals surface area contributed by atoms with Crippen LogP contribution in [0.25, 0.3) is 11.4 Å². The summed E-state index contributed by atoms with van der Waals surface area (Å²) in [6, 6.07) is 4.56. The Kier molecular flexibility index (Phi) is 3.81. The van der Waals surface area contributed by atoms with Gasteiger partial charge in [0.25, 0.3) is 0 Å². The minimum absolute atomic E-state index is 0.0261. The number of nitrogens with two attached hydrogens (primary N) is 1. The Morgan fingerprint density at radius 1 is 1.30 bits per heavy atom. The maximum atomic E-state index is 13.2. The van der Waals surface area contributed by atoms with Crippen molar-refractivity contribution in [3.8, 4) is 11.4 Å². The van der Waals surface area contributed by atoms with Crippen LogP contribution in [0.1, 0.15) is 36.6 Å². The minimum Gasteiger partial charge on any atom is -0.324 e. The zero-order valence-corrected chi connectivity index (χ0v) is 12.5. The van der Waals surface area contributed by atoms with Crippen LogP contribution in [0.4, 0.5) is 4.39 Å². The van der Waals surface area contributed by atoms with E-state index in [-0.39, 0.29) is 11.9 Å². The highest BCUT2D eigenvalue weighted by Crippen LogP contribution is 2.30. The number of benzene rings is 1. The first kappa shape index (κ1) is 13.6. The fraction of sp³-hybridized carbons (Fsp3) is 0.333. The molecule has 0 saturated heterocycles. The number of hydrogen-bond donors (Lipinski definition) is 1. The summed E-state index contributed by atoms with van der Waals surface area (Å²) in [5.74, 6) is 0.335. The van der Waals surface area contributed by atoms with E-state index in [1.165, 1.54) is 12.1 Å². The van der Waals surface area contributed by atoms with Gasteiger partial charge in [-0.2, -0.15) is 0 Å². The van der Waals surface area contributed by atoms with Gasteiger partial charge in [-0.15, -0.1) is 0 Å². The molecule has 3 rings (SSSR count). The maximum absolute atomic E-state index is 13.2. The highest BCUT2D eigenvalue weighted by Gasteiger charge is 2.18. The van der Waals surface area contributed by atoms with E-state index in [1.54, 1.807) is 6.07 Å². The van der Waals surface area contributed by atoms with Gasteiger partial charge in [-0.25, -0.2) is 14.4 Å². The van der Waals surface area contributed by atoms with E-state index in [0.717, 1.165) is 42.5 Å². The second-order valence-corrected chi connectivity index (χ2v) is 5.93. The maximum Gasteiger partial charge on any atom is 0.160 e. The molecule has 5 heteroatoms. The van der Waals surface area contributed by atoms with Crippen LogP contribution in [0.15, 0.2) is 28.9 Å². The molecule has 1 aromatic heterocycles. The molecule has 2 aromatic rings. The lowest BCUT2D eigenvalue weighted by Crippen LogP contribution is -2.12. The Morgan fingerprint density at radius 2 is 2.15 bits per heavy atom. The zero-order valence-electron chi connectivity index (χ0n) is 10.9. The molecule has 1 aliphatic rings. The Bertz CT molecular complexity index is 645. The lowest BCUT2D eigenvalue weighted by molar-refractivity contribution is 0.614. The average molecular weight is 336 g/mol. The molecular formula is C15H15BrFN3. The second-order valence-electron chi connectivity index (χ2n) is 5.07. The largest absolute Gasteiger partial charge is 0.324 e. The SMILES string of the molecule is NC1CCCCc2nc(-c3ccc(F)cc3Br)ncc21. The number of rotatable bonds is 1. The van der Waals surface area contributed by atoms with Gasteiger partial charge < -0.3 is 5.73 Å². The van der Waals surface area contributed by atoms with E-state index in [1.807, 2.05) is 6.20 Å². The standard InChI is InChI=1S/C15H15BrFN3/c16-12-7-9(17)5-6-10(12)15-19-8-11-13(18)3-1-2-4-14(11)20-15/h5-8,13H,1-4,18H2. The van der Waals surface area contributed by atoms with Crippen LogP contribution in [0, 0.1) is 5.82 Å². The van der Waals surface area contributed by atoms with E-state index >= 15 is 0 Å². The molecule has 0 spiro atoms. The lowest BCUT2D eigenvalue weighted by atomic mass is 10.1. The summed E-state index contributed by atoms with van der Waals surface area (Å²) < 4.78 is 13.8. The van der Waals surface area contributed by atoms with Crippen LogP contribution in [-0.4, -0.2) is 9.97 Å². The third kappa shape index (κ3) is 2.60. The van der Waals surface area contributed by atoms with E-state index in [4.69, 9.17) is 5.73 Å². The highest BCUT2D eigenvalue weighted by atomic mass is 79.9. The molecule has 1 aliphatic carbocycles. The summed E-state index contributed by atoms with van der Waals surface area (Å²) in [4.78, 5) is 9.04. The van der Waals surface area contributed by atoms with Crippen molar-refractivity contribution in [1.82, 2.24) is 9.97 Å². The van der Waals surface area contributed by atoms with Crippen LogP contribution in [-0.2, 0) is 6.42 Å². The highest BCUT2D eigenvalue weighted by molar-refractivity contribution is 9.10. The first-order chi connectivity index (χ1) is 9.65. The van der Waals surface area contributed by atoms with Gasteiger partial charge in [0.1, 0.15) is 5.82 Å². The van der Waals surface area contributed by atoms with Crippen molar-refractivity contribution in [3.63, 3.8) is 0 Å². The van der Waals surface area contributed by atoms with Crippen molar-refractivity contribution in [1.29, 1.82) is 0 Å². The van der Waals surface area contributed by atoms with Gasteiger partial charge in [0.2, 0.25) is 0 Å². The predicted octanol–water partition coefficient (Wildman–Crippen LogP) is 3.77. The predicted molar refractivity (Wildman–Crippen MR) is 79.6 cm³/mol. The molecule has 0 bridgehead atoms. The average Bonchev–Trinajstić information content (AvgIpc) is 2.60. The van der Waals surface area contributed by atoms with Gasteiger partial charge in [-0.1, -0.05) is 6.42 Å². The van der Waals surface area contributed by atoms with E-state index in [0.29, 0.717) is 10.3 Å². The Hall–Kier alpha value is -1.33. The first-order valence-corrected chi connectivity index (χ1v) is 7.51. The topological polar surface area (TPSA) is 51.8 Å². The van der Waals surface area contributed by atoms with Gasteiger partial charge in [0.15, 0.2) is 5.82 Å². The van der Waals surface area contributed by atoms with Crippen LogP contribution in [0.3, 0.4) is 0 Å². The number of hydrogen-bond acceptors (Lipinski definition) is 3. The summed E-state index contributed by atoms with van der Waals surface area (Å²) in [7, 11) is 0. The molecule has 1 unspecified atom stereocenters. The monoisotopic (exact) mass is 335 g/mol. The molecule has 0 saturated carbocycles. The lowest BCUT2D eigenvalue weighted by Gasteiger charge is -2.12. The number of fused-ring (bicyclic) bond motifs is 1. The van der Waals surface area contributed by atoms with Gasteiger partial charge in [-0.3, -0.25) is 0 Å². The molecule has 1 heterocycles. The summed E-state index contributed by atoms with van der Waals surface area (Å²) in [6.07, 6.45) is 5.95. The normalized spacial score (nSPS) is 18.4. The molecular weight excluding hydrogens is 321 g/mol. The van der Waals surface area contributed by atoms with E-state index < -0.39 is 0 Å². The van der Waals surface area contributed by atoms with E-state index in [9.17, 15) is 4.39 Å². The quantitative estimate of drug-likeness (QED) is 0.807.